The normalized spacial score (nSPS) is 18.3. The monoisotopic (exact) mass is 556 g/mol. The summed E-state index contributed by atoms with van der Waals surface area (Å²) in [6, 6.07) is 11.1. The molecule has 1 aliphatic rings. The molecule has 0 aromatic heterocycles. The lowest BCUT2D eigenvalue weighted by molar-refractivity contribution is -0.117. The van der Waals surface area contributed by atoms with Crippen molar-refractivity contribution in [1.82, 2.24) is 0 Å². The van der Waals surface area contributed by atoms with Gasteiger partial charge in [0.25, 0.3) is 0 Å². The quantitative estimate of drug-likeness (QED) is 0.193. The van der Waals surface area contributed by atoms with Crippen molar-refractivity contribution in [2.45, 2.75) is 23.6 Å². The van der Waals surface area contributed by atoms with Crippen molar-refractivity contribution in [3.05, 3.63) is 92.5 Å². The molecule has 0 heterocycles. The molecule has 35 heavy (non-hydrogen) atoms. The van der Waals surface area contributed by atoms with Gasteiger partial charge in [0.15, 0.2) is 5.78 Å². The largest absolute Gasteiger partial charge is 0.399 e. The lowest BCUT2D eigenvalue weighted by Gasteiger charge is -2.10. The Morgan fingerprint density at radius 3 is 2.40 bits per heavy atom. The highest BCUT2D eigenvalue weighted by atomic mass is 35.5. The molecule has 10 heteroatoms. The number of nitrogen functional groups attached to an aromatic ring is 1. The number of anilines is 2. The van der Waals surface area contributed by atoms with Crippen LogP contribution in [0, 0.1) is 24.5 Å². The Morgan fingerprint density at radius 1 is 1.00 bits per heavy atom. The third-order valence-electron chi connectivity index (χ3n) is 5.96. The molecule has 3 aromatic carbocycles. The SMILES string of the molecule is Cc1cc(F)c(CC(=O)c2cc(NC(=O)[C@H]3[C@H](c4ccc(F)c(Cl)c4)C3(Cl)Cl)ccc2Cl)cc1N. The Labute approximate surface area is 220 Å². The molecule has 1 amide bonds. The molecule has 4 rings (SSSR count). The summed E-state index contributed by atoms with van der Waals surface area (Å²) < 4.78 is 26.4. The van der Waals surface area contributed by atoms with Crippen LogP contribution in [0.5, 0.6) is 0 Å². The van der Waals surface area contributed by atoms with Crippen molar-refractivity contribution in [2.75, 3.05) is 11.1 Å². The molecule has 1 saturated carbocycles. The minimum Gasteiger partial charge on any atom is -0.399 e. The van der Waals surface area contributed by atoms with E-state index < -0.39 is 39.5 Å². The predicted molar refractivity (Wildman–Crippen MR) is 136 cm³/mol. The number of carbonyl (C=O) groups is 2. The zero-order valence-corrected chi connectivity index (χ0v) is 21.2. The van der Waals surface area contributed by atoms with Gasteiger partial charge in [-0.15, -0.1) is 23.2 Å². The van der Waals surface area contributed by atoms with Crippen LogP contribution < -0.4 is 11.1 Å². The van der Waals surface area contributed by atoms with Gasteiger partial charge in [-0.05, 0) is 66.1 Å². The fourth-order valence-electron chi connectivity index (χ4n) is 3.95. The van der Waals surface area contributed by atoms with Crippen molar-refractivity contribution in [2.24, 2.45) is 5.92 Å². The molecule has 2 atom stereocenters. The van der Waals surface area contributed by atoms with Crippen LogP contribution in [0.3, 0.4) is 0 Å². The van der Waals surface area contributed by atoms with Crippen LogP contribution in [0.4, 0.5) is 20.2 Å². The predicted octanol–water partition coefficient (Wildman–Crippen LogP) is 7.11. The van der Waals surface area contributed by atoms with E-state index in [0.717, 1.165) is 0 Å². The van der Waals surface area contributed by atoms with Gasteiger partial charge in [-0.1, -0.05) is 29.3 Å². The highest BCUT2D eigenvalue weighted by molar-refractivity contribution is 6.53. The fourth-order valence-corrected chi connectivity index (χ4v) is 5.19. The fraction of sp³-hybridized carbons (Fsp3) is 0.200. The Balaban J connectivity index is 1.52. The molecule has 0 unspecified atom stereocenters. The van der Waals surface area contributed by atoms with Gasteiger partial charge in [-0.25, -0.2) is 8.78 Å². The standard InChI is InChI=1S/C25H18Cl4F2N2O2/c1-11-6-19(31)13(8-20(11)32)9-21(34)15-10-14(3-4-16(15)26)33-24(35)23-22(25(23,28)29)12-2-5-18(30)17(27)7-12/h2-8,10,22-23H,9,32H2,1H3,(H,33,35)/t22-,23+/m0/s1. The topological polar surface area (TPSA) is 72.2 Å². The average Bonchev–Trinajstić information content (AvgIpc) is 3.37. The first-order valence-electron chi connectivity index (χ1n) is 10.4. The van der Waals surface area contributed by atoms with Gasteiger partial charge < -0.3 is 11.1 Å². The maximum absolute atomic E-state index is 14.3. The van der Waals surface area contributed by atoms with E-state index in [1.54, 1.807) is 6.92 Å². The minimum absolute atomic E-state index is 0.101. The number of carbonyl (C=O) groups excluding carboxylic acids is 2. The maximum atomic E-state index is 14.3. The lowest BCUT2D eigenvalue weighted by atomic mass is 10.00. The number of aryl methyl sites for hydroxylation is 1. The van der Waals surface area contributed by atoms with Crippen LogP contribution in [0.1, 0.15) is 33.0 Å². The summed E-state index contributed by atoms with van der Waals surface area (Å²) in [4.78, 5) is 25.8. The van der Waals surface area contributed by atoms with Gasteiger partial charge >= 0.3 is 0 Å². The number of halogens is 6. The van der Waals surface area contributed by atoms with Gasteiger partial charge in [-0.3, -0.25) is 9.59 Å². The summed E-state index contributed by atoms with van der Waals surface area (Å²) in [5, 5.41) is 2.71. The Kier molecular flexibility index (Phi) is 7.04. The molecule has 1 aliphatic carbocycles. The van der Waals surface area contributed by atoms with Crippen LogP contribution in [0.25, 0.3) is 0 Å². The number of Topliss-reactive ketones (excluding diaryl/α,β-unsaturated/α-hetero) is 1. The summed E-state index contributed by atoms with van der Waals surface area (Å²) in [5.74, 6) is -3.55. The summed E-state index contributed by atoms with van der Waals surface area (Å²) in [7, 11) is 0. The van der Waals surface area contributed by atoms with E-state index in [-0.39, 0.29) is 33.3 Å². The van der Waals surface area contributed by atoms with Crippen LogP contribution in [-0.4, -0.2) is 16.0 Å². The third-order valence-corrected chi connectivity index (χ3v) is 7.52. The highest BCUT2D eigenvalue weighted by Crippen LogP contribution is 2.65. The molecule has 0 aliphatic heterocycles. The molecular weight excluding hydrogens is 540 g/mol. The number of alkyl halides is 2. The van der Waals surface area contributed by atoms with Gasteiger partial charge in [0.2, 0.25) is 5.91 Å². The molecule has 0 bridgehead atoms. The third kappa shape index (κ3) is 5.12. The molecule has 1 fully saturated rings. The second-order valence-electron chi connectivity index (χ2n) is 8.39. The molecule has 4 nitrogen and oxygen atoms in total. The smallest absolute Gasteiger partial charge is 0.231 e. The second kappa shape index (κ2) is 9.58. The number of nitrogens with two attached hydrogens (primary N) is 1. The summed E-state index contributed by atoms with van der Waals surface area (Å²) in [6.07, 6.45) is -0.268. The Bertz CT molecular complexity index is 1360. The number of hydrogen-bond acceptors (Lipinski definition) is 3. The van der Waals surface area contributed by atoms with E-state index >= 15 is 0 Å². The molecular formula is C25H18Cl4F2N2O2. The first-order valence-corrected chi connectivity index (χ1v) is 11.9. The van der Waals surface area contributed by atoms with Crippen LogP contribution in [0.15, 0.2) is 48.5 Å². The summed E-state index contributed by atoms with van der Waals surface area (Å²) in [5.41, 5.74) is 7.81. The highest BCUT2D eigenvalue weighted by Gasteiger charge is 2.67. The number of benzene rings is 3. The van der Waals surface area contributed by atoms with E-state index in [1.165, 1.54) is 48.5 Å². The van der Waals surface area contributed by atoms with Gasteiger partial charge in [-0.2, -0.15) is 0 Å². The van der Waals surface area contributed by atoms with Gasteiger partial charge in [0.05, 0.1) is 16.0 Å². The first kappa shape index (κ1) is 25.7. The lowest BCUT2D eigenvalue weighted by Crippen LogP contribution is -2.17. The molecule has 3 aromatic rings. The van der Waals surface area contributed by atoms with Crippen LogP contribution in [0.2, 0.25) is 10.0 Å². The van der Waals surface area contributed by atoms with Crippen molar-refractivity contribution < 1.29 is 18.4 Å². The van der Waals surface area contributed by atoms with E-state index in [1.807, 2.05) is 0 Å². The Morgan fingerprint density at radius 2 is 1.71 bits per heavy atom. The molecule has 0 radical (unpaired) electrons. The molecule has 0 spiro atoms. The zero-order valence-electron chi connectivity index (χ0n) is 18.1. The summed E-state index contributed by atoms with van der Waals surface area (Å²) in [6.45, 7) is 1.67. The number of rotatable bonds is 6. The summed E-state index contributed by atoms with van der Waals surface area (Å²) >= 11 is 24.7. The van der Waals surface area contributed by atoms with Crippen molar-refractivity contribution in [1.29, 1.82) is 0 Å². The molecule has 0 saturated heterocycles. The van der Waals surface area contributed by atoms with Gasteiger partial charge in [0.1, 0.15) is 16.0 Å². The zero-order chi connectivity index (χ0) is 25.7. The number of amides is 1. The number of hydrogen-bond donors (Lipinski definition) is 2. The van der Waals surface area contributed by atoms with Crippen molar-refractivity contribution in [3.63, 3.8) is 0 Å². The van der Waals surface area contributed by atoms with E-state index in [4.69, 9.17) is 52.1 Å². The minimum atomic E-state index is -1.42. The number of ketones is 1. The van der Waals surface area contributed by atoms with E-state index in [0.29, 0.717) is 16.8 Å². The molecule has 182 valence electrons. The van der Waals surface area contributed by atoms with Crippen LogP contribution >= 0.6 is 46.4 Å². The van der Waals surface area contributed by atoms with Crippen molar-refractivity contribution >= 4 is 69.5 Å². The average molecular weight is 558 g/mol. The molecule has 3 N–H and O–H groups in total. The second-order valence-corrected chi connectivity index (χ2v) is 10.6. The maximum Gasteiger partial charge on any atom is 0.231 e. The first-order chi connectivity index (χ1) is 16.4. The van der Waals surface area contributed by atoms with E-state index in [2.05, 4.69) is 5.32 Å². The van der Waals surface area contributed by atoms with Crippen LogP contribution in [-0.2, 0) is 11.2 Å². The van der Waals surface area contributed by atoms with Gasteiger partial charge in [0, 0.05) is 29.3 Å². The van der Waals surface area contributed by atoms with Crippen molar-refractivity contribution in [3.8, 4) is 0 Å². The number of nitrogens with one attached hydrogen (secondary N) is 1. The Hall–Kier alpha value is -2.38. The van der Waals surface area contributed by atoms with E-state index in [9.17, 15) is 18.4 Å².